The molecule has 1 aliphatic rings. The van der Waals surface area contributed by atoms with Crippen LogP contribution in [0.1, 0.15) is 56.7 Å². The van der Waals surface area contributed by atoms with Crippen LogP contribution >= 0.6 is 11.3 Å². The van der Waals surface area contributed by atoms with Gasteiger partial charge in [0, 0.05) is 24.5 Å². The SMILES string of the molecule is CCNCc1nc(CN(C)C2CCC(CC)CC2)cs1. The zero-order chi connectivity index (χ0) is 14.4. The van der Waals surface area contributed by atoms with E-state index in [9.17, 15) is 0 Å². The monoisotopic (exact) mass is 295 g/mol. The van der Waals surface area contributed by atoms with Crippen molar-refractivity contribution in [2.24, 2.45) is 5.92 Å². The van der Waals surface area contributed by atoms with Gasteiger partial charge in [-0.3, -0.25) is 4.90 Å². The summed E-state index contributed by atoms with van der Waals surface area (Å²) in [6.45, 7) is 7.39. The Kier molecular flexibility index (Phi) is 6.46. The Labute approximate surface area is 127 Å². The first-order valence-electron chi connectivity index (χ1n) is 8.07. The van der Waals surface area contributed by atoms with Crippen molar-refractivity contribution >= 4 is 11.3 Å². The molecule has 0 unspecified atom stereocenters. The molecule has 0 aliphatic heterocycles. The van der Waals surface area contributed by atoms with E-state index in [1.165, 1.54) is 42.8 Å². The quantitative estimate of drug-likeness (QED) is 0.832. The highest BCUT2D eigenvalue weighted by atomic mass is 32.1. The summed E-state index contributed by atoms with van der Waals surface area (Å²) in [7, 11) is 2.26. The molecule has 0 radical (unpaired) electrons. The third kappa shape index (κ3) is 4.54. The van der Waals surface area contributed by atoms with Crippen LogP contribution < -0.4 is 5.32 Å². The predicted octanol–water partition coefficient (Wildman–Crippen LogP) is 3.65. The maximum atomic E-state index is 4.73. The molecule has 114 valence electrons. The molecule has 0 saturated heterocycles. The van der Waals surface area contributed by atoms with E-state index < -0.39 is 0 Å². The van der Waals surface area contributed by atoms with Crippen molar-refractivity contribution in [1.82, 2.24) is 15.2 Å². The van der Waals surface area contributed by atoms with Crippen LogP contribution in [-0.2, 0) is 13.1 Å². The molecule has 0 atom stereocenters. The van der Waals surface area contributed by atoms with Gasteiger partial charge in [-0.1, -0.05) is 20.3 Å². The molecule has 1 heterocycles. The molecule has 0 amide bonds. The molecule has 1 aliphatic carbocycles. The van der Waals surface area contributed by atoms with Crippen molar-refractivity contribution in [2.45, 2.75) is 65.1 Å². The molecular weight excluding hydrogens is 266 g/mol. The highest BCUT2D eigenvalue weighted by Gasteiger charge is 2.23. The average molecular weight is 295 g/mol. The van der Waals surface area contributed by atoms with Crippen LogP contribution in [0.15, 0.2) is 5.38 Å². The van der Waals surface area contributed by atoms with Crippen molar-refractivity contribution in [3.05, 3.63) is 16.1 Å². The molecule has 4 heteroatoms. The summed E-state index contributed by atoms with van der Waals surface area (Å²) in [4.78, 5) is 7.24. The van der Waals surface area contributed by atoms with Gasteiger partial charge in [0.25, 0.3) is 0 Å². The van der Waals surface area contributed by atoms with Crippen molar-refractivity contribution in [1.29, 1.82) is 0 Å². The number of nitrogens with zero attached hydrogens (tertiary/aromatic N) is 2. The molecule has 1 aromatic rings. The van der Waals surface area contributed by atoms with Crippen molar-refractivity contribution in [3.63, 3.8) is 0 Å². The lowest BCUT2D eigenvalue weighted by molar-refractivity contribution is 0.156. The fraction of sp³-hybridized carbons (Fsp3) is 0.812. The predicted molar refractivity (Wildman–Crippen MR) is 87.0 cm³/mol. The first-order valence-corrected chi connectivity index (χ1v) is 8.95. The van der Waals surface area contributed by atoms with Crippen molar-refractivity contribution in [2.75, 3.05) is 13.6 Å². The maximum Gasteiger partial charge on any atom is 0.107 e. The Morgan fingerprint density at radius 2 is 2.05 bits per heavy atom. The summed E-state index contributed by atoms with van der Waals surface area (Å²) in [5.41, 5.74) is 1.24. The van der Waals surface area contributed by atoms with E-state index in [2.05, 4.69) is 36.5 Å². The number of thiazole rings is 1. The second-order valence-corrected chi connectivity index (χ2v) is 6.95. The Morgan fingerprint density at radius 1 is 1.30 bits per heavy atom. The second kappa shape index (κ2) is 8.11. The first-order chi connectivity index (χ1) is 9.72. The van der Waals surface area contributed by atoms with E-state index in [-0.39, 0.29) is 0 Å². The van der Waals surface area contributed by atoms with E-state index in [1.54, 1.807) is 11.3 Å². The minimum atomic E-state index is 0.761. The van der Waals surface area contributed by atoms with Gasteiger partial charge in [0.1, 0.15) is 5.01 Å². The van der Waals surface area contributed by atoms with E-state index in [0.717, 1.165) is 31.6 Å². The van der Waals surface area contributed by atoms with Crippen molar-refractivity contribution in [3.8, 4) is 0 Å². The lowest BCUT2D eigenvalue weighted by Crippen LogP contribution is -2.34. The van der Waals surface area contributed by atoms with Gasteiger partial charge in [-0.2, -0.15) is 0 Å². The number of nitrogens with one attached hydrogen (secondary N) is 1. The van der Waals surface area contributed by atoms with Gasteiger partial charge >= 0.3 is 0 Å². The van der Waals surface area contributed by atoms with Crippen LogP contribution in [0.3, 0.4) is 0 Å². The molecular formula is C16H29N3S. The zero-order valence-corrected chi connectivity index (χ0v) is 14.0. The summed E-state index contributed by atoms with van der Waals surface area (Å²) in [6, 6.07) is 0.761. The summed E-state index contributed by atoms with van der Waals surface area (Å²) >= 11 is 1.78. The van der Waals surface area contributed by atoms with E-state index in [4.69, 9.17) is 4.98 Å². The Balaban J connectivity index is 1.79. The van der Waals surface area contributed by atoms with Crippen LogP contribution in [0, 0.1) is 5.92 Å². The minimum absolute atomic E-state index is 0.761. The van der Waals surface area contributed by atoms with Crippen molar-refractivity contribution < 1.29 is 0 Å². The standard InChI is InChI=1S/C16H29N3S/c1-4-13-6-8-15(9-7-13)19(3)11-14-12-20-16(18-14)10-17-5-2/h12-13,15,17H,4-11H2,1-3H3. The Hall–Kier alpha value is -0.450. The fourth-order valence-corrected chi connectivity index (χ4v) is 3.87. The van der Waals surface area contributed by atoms with Crippen LogP contribution in [0.5, 0.6) is 0 Å². The lowest BCUT2D eigenvalue weighted by atomic mass is 9.84. The van der Waals surface area contributed by atoms with Crippen LogP contribution in [0.2, 0.25) is 0 Å². The summed E-state index contributed by atoms with van der Waals surface area (Å²) in [5.74, 6) is 0.977. The number of rotatable bonds is 7. The number of aromatic nitrogens is 1. The van der Waals surface area contributed by atoms with Gasteiger partial charge in [0.15, 0.2) is 0 Å². The van der Waals surface area contributed by atoms with Gasteiger partial charge in [-0.05, 0) is 45.2 Å². The van der Waals surface area contributed by atoms with E-state index >= 15 is 0 Å². The van der Waals surface area contributed by atoms with E-state index in [1.807, 2.05) is 0 Å². The zero-order valence-electron chi connectivity index (χ0n) is 13.2. The first kappa shape index (κ1) is 15.9. The van der Waals surface area contributed by atoms with Gasteiger partial charge in [-0.15, -0.1) is 11.3 Å². The third-order valence-corrected chi connectivity index (χ3v) is 5.45. The molecule has 0 aromatic carbocycles. The third-order valence-electron chi connectivity index (χ3n) is 4.55. The van der Waals surface area contributed by atoms with Gasteiger partial charge in [0.2, 0.25) is 0 Å². The molecule has 1 saturated carbocycles. The van der Waals surface area contributed by atoms with Crippen LogP contribution in [-0.4, -0.2) is 29.5 Å². The molecule has 1 aromatic heterocycles. The highest BCUT2D eigenvalue weighted by molar-refractivity contribution is 7.09. The average Bonchev–Trinajstić information content (AvgIpc) is 2.92. The van der Waals surface area contributed by atoms with Crippen LogP contribution in [0.4, 0.5) is 0 Å². The normalized spacial score (nSPS) is 23.4. The summed E-state index contributed by atoms with van der Waals surface area (Å²) in [5, 5.41) is 6.78. The number of hydrogen-bond donors (Lipinski definition) is 1. The van der Waals surface area contributed by atoms with Crippen LogP contribution in [0.25, 0.3) is 0 Å². The number of hydrogen-bond acceptors (Lipinski definition) is 4. The molecule has 1 fully saturated rings. The topological polar surface area (TPSA) is 28.2 Å². The molecule has 3 nitrogen and oxygen atoms in total. The highest BCUT2D eigenvalue weighted by Crippen LogP contribution is 2.29. The molecule has 0 spiro atoms. The molecule has 20 heavy (non-hydrogen) atoms. The molecule has 1 N–H and O–H groups in total. The van der Waals surface area contributed by atoms with Gasteiger partial charge in [0.05, 0.1) is 5.69 Å². The minimum Gasteiger partial charge on any atom is -0.311 e. The molecule has 2 rings (SSSR count). The Bertz CT molecular complexity index is 383. The van der Waals surface area contributed by atoms with E-state index in [0.29, 0.717) is 0 Å². The summed E-state index contributed by atoms with van der Waals surface area (Å²) < 4.78 is 0. The fourth-order valence-electron chi connectivity index (χ4n) is 3.11. The molecule has 0 bridgehead atoms. The largest absolute Gasteiger partial charge is 0.311 e. The lowest BCUT2D eigenvalue weighted by Gasteiger charge is -2.34. The summed E-state index contributed by atoms with van der Waals surface area (Å²) in [6.07, 6.45) is 6.91. The van der Waals surface area contributed by atoms with Gasteiger partial charge < -0.3 is 5.32 Å². The maximum absolute atomic E-state index is 4.73. The van der Waals surface area contributed by atoms with Gasteiger partial charge in [-0.25, -0.2) is 4.98 Å². The smallest absolute Gasteiger partial charge is 0.107 e. The Morgan fingerprint density at radius 3 is 2.70 bits per heavy atom. The second-order valence-electron chi connectivity index (χ2n) is 6.01.